The maximum Gasteiger partial charge on any atom is 0.244 e. The highest BCUT2D eigenvalue weighted by atomic mass is 15.4. The van der Waals surface area contributed by atoms with Gasteiger partial charge >= 0.3 is 0 Å². The molecule has 20 heavy (non-hydrogen) atoms. The summed E-state index contributed by atoms with van der Waals surface area (Å²) in [4.78, 5) is 7.14. The zero-order valence-corrected chi connectivity index (χ0v) is 12.1. The van der Waals surface area contributed by atoms with E-state index < -0.39 is 0 Å². The molecule has 2 saturated carbocycles. The highest BCUT2D eigenvalue weighted by Gasteiger charge is 2.41. The maximum atomic E-state index is 5.81. The van der Waals surface area contributed by atoms with Crippen LogP contribution in [0.1, 0.15) is 50.3 Å². The zero-order valence-electron chi connectivity index (χ0n) is 12.1. The van der Waals surface area contributed by atoms with Gasteiger partial charge in [0.15, 0.2) is 0 Å². The van der Waals surface area contributed by atoms with Gasteiger partial charge in [-0.25, -0.2) is 0 Å². The third-order valence-electron chi connectivity index (χ3n) is 5.72. The van der Waals surface area contributed by atoms with Crippen LogP contribution in [-0.2, 0) is 0 Å². The van der Waals surface area contributed by atoms with Crippen molar-refractivity contribution in [2.45, 2.75) is 44.4 Å². The lowest BCUT2D eigenvalue weighted by molar-refractivity contribution is 0.405. The Morgan fingerprint density at radius 1 is 1.25 bits per heavy atom. The van der Waals surface area contributed by atoms with Crippen molar-refractivity contribution < 1.29 is 0 Å². The Morgan fingerprint density at radius 3 is 2.95 bits per heavy atom. The van der Waals surface area contributed by atoms with Crippen molar-refractivity contribution in [2.24, 2.45) is 23.5 Å². The number of nitrogens with one attached hydrogen (secondary N) is 1. The molecule has 5 heteroatoms. The molecule has 0 amide bonds. The second-order valence-corrected chi connectivity index (χ2v) is 6.99. The van der Waals surface area contributed by atoms with Crippen LogP contribution in [0.3, 0.4) is 0 Å². The van der Waals surface area contributed by atoms with Crippen molar-refractivity contribution in [3.63, 3.8) is 0 Å². The van der Waals surface area contributed by atoms with E-state index in [0.29, 0.717) is 11.8 Å². The summed E-state index contributed by atoms with van der Waals surface area (Å²) in [6, 6.07) is 0. The van der Waals surface area contributed by atoms with Gasteiger partial charge in [-0.3, -0.25) is 5.10 Å². The molecular weight excluding hydrogens is 250 g/mol. The minimum Gasteiger partial charge on any atom is -0.339 e. The summed E-state index contributed by atoms with van der Waals surface area (Å²) in [6.07, 6.45) is 8.03. The van der Waals surface area contributed by atoms with Gasteiger partial charge in [0.05, 0.1) is 0 Å². The molecule has 1 aliphatic heterocycles. The van der Waals surface area contributed by atoms with Gasteiger partial charge in [-0.2, -0.15) is 4.98 Å². The monoisotopic (exact) mass is 275 g/mol. The van der Waals surface area contributed by atoms with Crippen LogP contribution >= 0.6 is 0 Å². The molecule has 110 valence electrons. The lowest BCUT2D eigenvalue weighted by Crippen LogP contribution is -2.39. The molecule has 5 nitrogen and oxygen atoms in total. The molecule has 4 atom stereocenters. The predicted molar refractivity (Wildman–Crippen MR) is 78.6 cm³/mol. The Kier molecular flexibility index (Phi) is 3.17. The van der Waals surface area contributed by atoms with E-state index in [2.05, 4.69) is 15.1 Å². The van der Waals surface area contributed by atoms with Gasteiger partial charge in [0.2, 0.25) is 5.95 Å². The molecule has 4 rings (SSSR count). The average Bonchev–Trinajstić information content (AvgIpc) is 3.22. The summed E-state index contributed by atoms with van der Waals surface area (Å²) < 4.78 is 0. The predicted octanol–water partition coefficient (Wildman–Crippen LogP) is 1.88. The first-order valence-corrected chi connectivity index (χ1v) is 8.20. The molecule has 3 aliphatic rings. The number of anilines is 1. The van der Waals surface area contributed by atoms with Gasteiger partial charge in [0.25, 0.3) is 0 Å². The van der Waals surface area contributed by atoms with E-state index >= 15 is 0 Å². The van der Waals surface area contributed by atoms with Gasteiger partial charge in [-0.15, -0.1) is 5.10 Å². The van der Waals surface area contributed by atoms with E-state index in [-0.39, 0.29) is 0 Å². The summed E-state index contributed by atoms with van der Waals surface area (Å²) >= 11 is 0. The van der Waals surface area contributed by atoms with Gasteiger partial charge in [-0.1, -0.05) is 6.42 Å². The van der Waals surface area contributed by atoms with Crippen molar-refractivity contribution in [3.8, 4) is 0 Å². The van der Waals surface area contributed by atoms with Crippen molar-refractivity contribution >= 4 is 5.95 Å². The molecular formula is C15H25N5. The van der Waals surface area contributed by atoms with Crippen LogP contribution in [-0.4, -0.2) is 34.8 Å². The fraction of sp³-hybridized carbons (Fsp3) is 0.867. The minimum atomic E-state index is 0.605. The lowest BCUT2D eigenvalue weighted by Gasteiger charge is -2.31. The Labute approximate surface area is 120 Å². The summed E-state index contributed by atoms with van der Waals surface area (Å²) in [7, 11) is 0. The first-order chi connectivity index (χ1) is 9.83. The Hall–Kier alpha value is -1.10. The van der Waals surface area contributed by atoms with E-state index in [9.17, 15) is 0 Å². The summed E-state index contributed by atoms with van der Waals surface area (Å²) in [5.74, 6) is 5.11. The zero-order chi connectivity index (χ0) is 13.5. The third kappa shape index (κ3) is 2.12. The lowest BCUT2D eigenvalue weighted by atomic mass is 9.88. The van der Waals surface area contributed by atoms with Crippen LogP contribution in [0, 0.1) is 17.8 Å². The van der Waals surface area contributed by atoms with Crippen molar-refractivity contribution in [1.82, 2.24) is 15.2 Å². The largest absolute Gasteiger partial charge is 0.339 e. The Morgan fingerprint density at radius 2 is 2.20 bits per heavy atom. The smallest absolute Gasteiger partial charge is 0.244 e. The number of hydrogen-bond donors (Lipinski definition) is 2. The second kappa shape index (κ2) is 5.02. The minimum absolute atomic E-state index is 0.605. The molecule has 3 fully saturated rings. The molecule has 0 spiro atoms. The Balaban J connectivity index is 1.48. The fourth-order valence-corrected chi connectivity index (χ4v) is 4.59. The van der Waals surface area contributed by atoms with E-state index in [0.717, 1.165) is 43.2 Å². The van der Waals surface area contributed by atoms with Crippen molar-refractivity contribution in [2.75, 3.05) is 24.5 Å². The number of aromatic amines is 1. The molecule has 2 aliphatic carbocycles. The quantitative estimate of drug-likeness (QED) is 0.883. The Bertz CT molecular complexity index is 471. The summed E-state index contributed by atoms with van der Waals surface area (Å²) in [6.45, 7) is 2.87. The van der Waals surface area contributed by atoms with E-state index in [1.807, 2.05) is 0 Å². The molecule has 1 aromatic rings. The number of nitrogens with zero attached hydrogens (tertiary/aromatic N) is 3. The average molecular weight is 275 g/mol. The highest BCUT2D eigenvalue weighted by Crippen LogP contribution is 2.52. The first kappa shape index (κ1) is 12.6. The van der Waals surface area contributed by atoms with Gasteiger partial charge in [0.1, 0.15) is 5.82 Å². The van der Waals surface area contributed by atoms with Crippen LogP contribution in [0.5, 0.6) is 0 Å². The van der Waals surface area contributed by atoms with E-state index in [1.165, 1.54) is 38.5 Å². The molecule has 2 bridgehead atoms. The number of H-pyrrole nitrogens is 1. The number of fused-ring (bicyclic) bond motifs is 2. The normalized spacial score (nSPS) is 36.8. The standard InChI is InChI=1S/C15H25N5/c16-8-11-2-1-5-20(9-11)15-17-14(18-19-15)13-7-10-3-4-12(13)6-10/h10-13H,1-9,16H2,(H,17,18,19). The number of aromatic nitrogens is 3. The topological polar surface area (TPSA) is 70.8 Å². The molecule has 1 aromatic heterocycles. The summed E-state index contributed by atoms with van der Waals surface area (Å²) in [5, 5.41) is 7.71. The van der Waals surface area contributed by atoms with E-state index in [1.54, 1.807) is 0 Å². The highest BCUT2D eigenvalue weighted by molar-refractivity contribution is 5.30. The van der Waals surface area contributed by atoms with Crippen LogP contribution < -0.4 is 10.6 Å². The van der Waals surface area contributed by atoms with Gasteiger partial charge in [-0.05, 0) is 56.4 Å². The molecule has 4 unspecified atom stereocenters. The molecule has 1 saturated heterocycles. The van der Waals surface area contributed by atoms with Gasteiger partial charge in [0, 0.05) is 19.0 Å². The number of piperidine rings is 1. The molecule has 2 heterocycles. The number of nitrogens with two attached hydrogens (primary N) is 1. The maximum absolute atomic E-state index is 5.81. The molecule has 3 N–H and O–H groups in total. The van der Waals surface area contributed by atoms with Crippen LogP contribution in [0.15, 0.2) is 0 Å². The fourth-order valence-electron chi connectivity index (χ4n) is 4.59. The van der Waals surface area contributed by atoms with Crippen LogP contribution in [0.4, 0.5) is 5.95 Å². The molecule has 0 radical (unpaired) electrons. The summed E-state index contributed by atoms with van der Waals surface area (Å²) in [5.41, 5.74) is 5.81. The van der Waals surface area contributed by atoms with Crippen molar-refractivity contribution in [3.05, 3.63) is 5.82 Å². The third-order valence-corrected chi connectivity index (χ3v) is 5.72. The second-order valence-electron chi connectivity index (χ2n) is 6.99. The number of hydrogen-bond acceptors (Lipinski definition) is 4. The van der Waals surface area contributed by atoms with E-state index in [4.69, 9.17) is 10.7 Å². The first-order valence-electron chi connectivity index (χ1n) is 8.20. The number of rotatable bonds is 3. The SMILES string of the molecule is NCC1CCCN(c2n[nH]c(C3CC4CCC3C4)n2)C1. The van der Waals surface area contributed by atoms with Crippen LogP contribution in [0.2, 0.25) is 0 Å². The van der Waals surface area contributed by atoms with Gasteiger partial charge < -0.3 is 10.6 Å². The van der Waals surface area contributed by atoms with Crippen molar-refractivity contribution in [1.29, 1.82) is 0 Å². The molecule has 0 aromatic carbocycles. The van der Waals surface area contributed by atoms with Crippen LogP contribution in [0.25, 0.3) is 0 Å².